The predicted molar refractivity (Wildman–Crippen MR) is 75.4 cm³/mol. The molecule has 20 heavy (non-hydrogen) atoms. The standard InChI is InChI=1S/C13H19N5O2/c1-3-13(20)14-11-4-5-12(16-15-11)18-8-6-17(7-9-18)10(2)19/h4-5H,3,6-9H2,1-2H3,(H,14,15,20). The van der Waals surface area contributed by atoms with Crippen molar-refractivity contribution in [3.8, 4) is 0 Å². The zero-order valence-corrected chi connectivity index (χ0v) is 11.8. The van der Waals surface area contributed by atoms with Crippen LogP contribution in [-0.4, -0.2) is 53.1 Å². The highest BCUT2D eigenvalue weighted by molar-refractivity contribution is 5.89. The number of rotatable bonds is 3. The summed E-state index contributed by atoms with van der Waals surface area (Å²) in [5.41, 5.74) is 0. The molecule has 1 aliphatic heterocycles. The van der Waals surface area contributed by atoms with Crippen LogP contribution in [0.15, 0.2) is 12.1 Å². The zero-order chi connectivity index (χ0) is 14.5. The number of hydrogen-bond acceptors (Lipinski definition) is 5. The molecular formula is C13H19N5O2. The van der Waals surface area contributed by atoms with Crippen LogP contribution < -0.4 is 10.2 Å². The highest BCUT2D eigenvalue weighted by Crippen LogP contribution is 2.14. The molecule has 2 heterocycles. The third-order valence-corrected chi connectivity index (χ3v) is 3.29. The first-order valence-electron chi connectivity index (χ1n) is 6.74. The molecule has 1 N–H and O–H groups in total. The van der Waals surface area contributed by atoms with Crippen molar-refractivity contribution in [3.05, 3.63) is 12.1 Å². The third kappa shape index (κ3) is 3.43. The van der Waals surface area contributed by atoms with Crippen molar-refractivity contribution in [2.45, 2.75) is 20.3 Å². The fourth-order valence-corrected chi connectivity index (χ4v) is 2.04. The number of piperazine rings is 1. The van der Waals surface area contributed by atoms with E-state index in [9.17, 15) is 9.59 Å². The van der Waals surface area contributed by atoms with Crippen molar-refractivity contribution < 1.29 is 9.59 Å². The van der Waals surface area contributed by atoms with Gasteiger partial charge in [0, 0.05) is 39.5 Å². The molecule has 7 nitrogen and oxygen atoms in total. The quantitative estimate of drug-likeness (QED) is 0.870. The van der Waals surface area contributed by atoms with Crippen molar-refractivity contribution in [2.75, 3.05) is 36.4 Å². The SMILES string of the molecule is CCC(=O)Nc1ccc(N2CCN(C(C)=O)CC2)nn1. The van der Waals surface area contributed by atoms with Crippen molar-refractivity contribution in [3.63, 3.8) is 0 Å². The van der Waals surface area contributed by atoms with Gasteiger partial charge >= 0.3 is 0 Å². The normalized spacial score (nSPS) is 15.1. The van der Waals surface area contributed by atoms with E-state index >= 15 is 0 Å². The Morgan fingerprint density at radius 2 is 1.90 bits per heavy atom. The van der Waals surface area contributed by atoms with Gasteiger partial charge in [-0.05, 0) is 12.1 Å². The summed E-state index contributed by atoms with van der Waals surface area (Å²) in [6.07, 6.45) is 0.413. The summed E-state index contributed by atoms with van der Waals surface area (Å²) in [5.74, 6) is 1.25. The summed E-state index contributed by atoms with van der Waals surface area (Å²) in [4.78, 5) is 26.4. The molecule has 0 bridgehead atoms. The molecule has 0 aliphatic carbocycles. The van der Waals surface area contributed by atoms with Crippen LogP contribution in [0.25, 0.3) is 0 Å². The number of aromatic nitrogens is 2. The van der Waals surface area contributed by atoms with Gasteiger partial charge in [0.2, 0.25) is 11.8 Å². The van der Waals surface area contributed by atoms with Gasteiger partial charge < -0.3 is 15.1 Å². The Labute approximate surface area is 118 Å². The Morgan fingerprint density at radius 3 is 2.40 bits per heavy atom. The van der Waals surface area contributed by atoms with Crippen LogP contribution >= 0.6 is 0 Å². The second kappa shape index (κ2) is 6.31. The second-order valence-corrected chi connectivity index (χ2v) is 4.67. The van der Waals surface area contributed by atoms with Crippen LogP contribution in [0.1, 0.15) is 20.3 Å². The van der Waals surface area contributed by atoms with E-state index in [0.717, 1.165) is 18.9 Å². The highest BCUT2D eigenvalue weighted by Gasteiger charge is 2.19. The van der Waals surface area contributed by atoms with Crippen molar-refractivity contribution in [1.29, 1.82) is 0 Å². The first-order valence-corrected chi connectivity index (χ1v) is 6.74. The number of amides is 2. The minimum Gasteiger partial charge on any atom is -0.352 e. The number of carbonyl (C=O) groups is 2. The van der Waals surface area contributed by atoms with E-state index in [2.05, 4.69) is 20.4 Å². The van der Waals surface area contributed by atoms with Gasteiger partial charge in [0.1, 0.15) is 0 Å². The van der Waals surface area contributed by atoms with Gasteiger partial charge in [-0.3, -0.25) is 9.59 Å². The fraction of sp³-hybridized carbons (Fsp3) is 0.538. The lowest BCUT2D eigenvalue weighted by molar-refractivity contribution is -0.129. The van der Waals surface area contributed by atoms with Crippen molar-refractivity contribution in [2.24, 2.45) is 0 Å². The number of nitrogens with one attached hydrogen (secondary N) is 1. The second-order valence-electron chi connectivity index (χ2n) is 4.67. The van der Waals surface area contributed by atoms with E-state index in [1.165, 1.54) is 0 Å². The predicted octanol–water partition coefficient (Wildman–Crippen LogP) is 0.494. The van der Waals surface area contributed by atoms with Gasteiger partial charge in [-0.1, -0.05) is 6.92 Å². The fourth-order valence-electron chi connectivity index (χ4n) is 2.04. The Hall–Kier alpha value is -2.18. The van der Waals surface area contributed by atoms with Crippen LogP contribution in [0.4, 0.5) is 11.6 Å². The van der Waals surface area contributed by atoms with E-state index in [1.807, 2.05) is 11.0 Å². The molecule has 1 aromatic rings. The maximum Gasteiger partial charge on any atom is 0.225 e. The molecule has 1 aromatic heterocycles. The summed E-state index contributed by atoms with van der Waals surface area (Å²) in [6, 6.07) is 3.58. The average molecular weight is 277 g/mol. The average Bonchev–Trinajstić information content (AvgIpc) is 2.48. The van der Waals surface area contributed by atoms with Gasteiger partial charge in [0.25, 0.3) is 0 Å². The largest absolute Gasteiger partial charge is 0.352 e. The molecule has 2 amide bonds. The summed E-state index contributed by atoms with van der Waals surface area (Å²) in [6.45, 7) is 6.26. The van der Waals surface area contributed by atoms with Crippen LogP contribution in [0.5, 0.6) is 0 Å². The first kappa shape index (κ1) is 14.2. The number of anilines is 2. The maximum absolute atomic E-state index is 11.3. The number of carbonyl (C=O) groups excluding carboxylic acids is 2. The molecule has 1 saturated heterocycles. The van der Waals surface area contributed by atoms with E-state index in [-0.39, 0.29) is 11.8 Å². The summed E-state index contributed by atoms with van der Waals surface area (Å²) >= 11 is 0. The Balaban J connectivity index is 1.94. The lowest BCUT2D eigenvalue weighted by Gasteiger charge is -2.34. The maximum atomic E-state index is 11.3. The van der Waals surface area contributed by atoms with Gasteiger partial charge in [-0.25, -0.2) is 0 Å². The molecule has 0 atom stereocenters. The van der Waals surface area contributed by atoms with E-state index < -0.39 is 0 Å². The Morgan fingerprint density at radius 1 is 1.20 bits per heavy atom. The van der Waals surface area contributed by atoms with Gasteiger partial charge in [-0.15, -0.1) is 10.2 Å². The van der Waals surface area contributed by atoms with Crippen LogP contribution in [-0.2, 0) is 9.59 Å². The van der Waals surface area contributed by atoms with Gasteiger partial charge in [0.05, 0.1) is 0 Å². The molecule has 0 radical (unpaired) electrons. The Kier molecular flexibility index (Phi) is 4.49. The first-order chi connectivity index (χ1) is 9.60. The van der Waals surface area contributed by atoms with Crippen molar-refractivity contribution in [1.82, 2.24) is 15.1 Å². The van der Waals surface area contributed by atoms with E-state index in [4.69, 9.17) is 0 Å². The number of nitrogens with zero attached hydrogens (tertiary/aromatic N) is 4. The molecule has 0 unspecified atom stereocenters. The highest BCUT2D eigenvalue weighted by atomic mass is 16.2. The van der Waals surface area contributed by atoms with E-state index in [0.29, 0.717) is 25.3 Å². The van der Waals surface area contributed by atoms with Crippen LogP contribution in [0.2, 0.25) is 0 Å². The molecule has 1 fully saturated rings. The molecule has 0 aromatic carbocycles. The molecule has 108 valence electrons. The van der Waals surface area contributed by atoms with Crippen LogP contribution in [0, 0.1) is 0 Å². The minimum atomic E-state index is -0.0814. The lowest BCUT2D eigenvalue weighted by Crippen LogP contribution is -2.48. The minimum absolute atomic E-state index is 0.0814. The lowest BCUT2D eigenvalue weighted by atomic mass is 10.3. The topological polar surface area (TPSA) is 78.4 Å². The summed E-state index contributed by atoms with van der Waals surface area (Å²) in [5, 5.41) is 10.8. The summed E-state index contributed by atoms with van der Waals surface area (Å²) < 4.78 is 0. The Bertz CT molecular complexity index is 480. The summed E-state index contributed by atoms with van der Waals surface area (Å²) in [7, 11) is 0. The van der Waals surface area contributed by atoms with E-state index in [1.54, 1.807) is 19.9 Å². The molecule has 0 spiro atoms. The molecule has 1 aliphatic rings. The van der Waals surface area contributed by atoms with Crippen molar-refractivity contribution >= 4 is 23.5 Å². The molecule has 7 heteroatoms. The smallest absolute Gasteiger partial charge is 0.225 e. The number of hydrogen-bond donors (Lipinski definition) is 1. The zero-order valence-electron chi connectivity index (χ0n) is 11.8. The monoisotopic (exact) mass is 277 g/mol. The molecule has 0 saturated carbocycles. The molecular weight excluding hydrogens is 258 g/mol. The molecule has 2 rings (SSSR count). The van der Waals surface area contributed by atoms with Crippen LogP contribution in [0.3, 0.4) is 0 Å². The van der Waals surface area contributed by atoms with Gasteiger partial charge in [0.15, 0.2) is 11.6 Å². The van der Waals surface area contributed by atoms with Gasteiger partial charge in [-0.2, -0.15) is 0 Å². The third-order valence-electron chi connectivity index (χ3n) is 3.29.